The number of hydrogen-bond acceptors (Lipinski definition) is 2. The third-order valence-electron chi connectivity index (χ3n) is 2.07. The van der Waals surface area contributed by atoms with Crippen LogP contribution in [0.4, 0.5) is 8.78 Å². The van der Waals surface area contributed by atoms with Gasteiger partial charge in [-0.25, -0.2) is 18.6 Å². The van der Waals surface area contributed by atoms with E-state index in [0.29, 0.717) is 0 Å². The summed E-state index contributed by atoms with van der Waals surface area (Å²) in [4.78, 5) is 14.1. The Balaban J connectivity index is 2.52. The van der Waals surface area contributed by atoms with Crippen LogP contribution in [0.1, 0.15) is 10.5 Å². The average Bonchev–Trinajstić information content (AvgIpc) is 2.72. The highest BCUT2D eigenvalue weighted by atomic mass is 79.9. The number of aromatic nitrogens is 2. The molecule has 1 heterocycles. The molecule has 0 aliphatic carbocycles. The molecule has 2 aromatic rings. The standard InChI is InChI=1S/C10H5BrF2N2O2/c11-5-1-7(13)9(2-6(5)12)15-3-8(10(16)17)14-4-15/h1-4H,(H,16,17). The molecule has 17 heavy (non-hydrogen) atoms. The Labute approximate surface area is 103 Å². The Morgan fingerprint density at radius 3 is 2.65 bits per heavy atom. The van der Waals surface area contributed by atoms with E-state index in [1.165, 1.54) is 0 Å². The second kappa shape index (κ2) is 4.25. The van der Waals surface area contributed by atoms with Crippen LogP contribution in [0.2, 0.25) is 0 Å². The Bertz CT molecular complexity index is 598. The molecule has 0 radical (unpaired) electrons. The van der Waals surface area contributed by atoms with Crippen LogP contribution in [0, 0.1) is 11.6 Å². The largest absolute Gasteiger partial charge is 0.476 e. The molecule has 1 N–H and O–H groups in total. The van der Waals surface area contributed by atoms with Crippen LogP contribution in [0.15, 0.2) is 29.1 Å². The molecule has 0 unspecified atom stereocenters. The van der Waals surface area contributed by atoms with Gasteiger partial charge in [0.15, 0.2) is 5.69 Å². The smallest absolute Gasteiger partial charge is 0.356 e. The zero-order valence-electron chi connectivity index (χ0n) is 8.19. The lowest BCUT2D eigenvalue weighted by Gasteiger charge is -2.04. The fraction of sp³-hybridized carbons (Fsp3) is 0. The molecular weight excluding hydrogens is 298 g/mol. The first-order chi connectivity index (χ1) is 7.99. The third-order valence-corrected chi connectivity index (χ3v) is 2.68. The van der Waals surface area contributed by atoms with Crippen molar-refractivity contribution in [3.8, 4) is 5.69 Å². The fourth-order valence-electron chi connectivity index (χ4n) is 1.27. The van der Waals surface area contributed by atoms with Gasteiger partial charge in [-0.1, -0.05) is 0 Å². The number of rotatable bonds is 2. The molecule has 7 heteroatoms. The first kappa shape index (κ1) is 11.7. The van der Waals surface area contributed by atoms with Gasteiger partial charge in [0.05, 0.1) is 10.2 Å². The number of aromatic carboxylic acids is 1. The number of halogens is 3. The summed E-state index contributed by atoms with van der Waals surface area (Å²) < 4.78 is 27.9. The molecule has 0 fully saturated rings. The van der Waals surface area contributed by atoms with Gasteiger partial charge in [-0.3, -0.25) is 0 Å². The number of carboxylic acids is 1. The Morgan fingerprint density at radius 1 is 1.35 bits per heavy atom. The predicted molar refractivity (Wildman–Crippen MR) is 58.1 cm³/mol. The highest BCUT2D eigenvalue weighted by Gasteiger charge is 2.13. The molecule has 0 aliphatic rings. The first-order valence-corrected chi connectivity index (χ1v) is 5.20. The molecule has 4 nitrogen and oxygen atoms in total. The van der Waals surface area contributed by atoms with Crippen LogP contribution in [0.3, 0.4) is 0 Å². The number of carboxylic acid groups (broad SMARTS) is 1. The molecule has 0 saturated heterocycles. The number of carbonyl (C=O) groups is 1. The molecular formula is C10H5BrF2N2O2. The van der Waals surface area contributed by atoms with Crippen molar-refractivity contribution >= 4 is 21.9 Å². The normalized spacial score (nSPS) is 10.5. The van der Waals surface area contributed by atoms with Crippen LogP contribution in [0.5, 0.6) is 0 Å². The van der Waals surface area contributed by atoms with Crippen LogP contribution in [0.25, 0.3) is 5.69 Å². The maximum absolute atomic E-state index is 13.5. The molecule has 0 atom stereocenters. The molecule has 1 aromatic heterocycles. The lowest BCUT2D eigenvalue weighted by molar-refractivity contribution is 0.0691. The molecule has 0 saturated carbocycles. The second-order valence-electron chi connectivity index (χ2n) is 3.19. The number of nitrogens with zero attached hydrogens (tertiary/aromatic N) is 2. The summed E-state index contributed by atoms with van der Waals surface area (Å²) >= 11 is 2.85. The molecule has 88 valence electrons. The van der Waals surface area contributed by atoms with E-state index in [4.69, 9.17) is 5.11 Å². The highest BCUT2D eigenvalue weighted by molar-refractivity contribution is 9.10. The minimum absolute atomic E-state index is 0.00248. The zero-order chi connectivity index (χ0) is 12.6. The van der Waals surface area contributed by atoms with Crippen molar-refractivity contribution in [2.24, 2.45) is 0 Å². The van der Waals surface area contributed by atoms with Crippen molar-refractivity contribution in [1.29, 1.82) is 0 Å². The van der Waals surface area contributed by atoms with Gasteiger partial charge in [-0.15, -0.1) is 0 Å². The van der Waals surface area contributed by atoms with Crippen LogP contribution < -0.4 is 0 Å². The van der Waals surface area contributed by atoms with Gasteiger partial charge < -0.3 is 9.67 Å². The van der Waals surface area contributed by atoms with Crippen LogP contribution in [-0.2, 0) is 0 Å². The topological polar surface area (TPSA) is 55.1 Å². The van der Waals surface area contributed by atoms with Crippen molar-refractivity contribution in [3.05, 3.63) is 46.5 Å². The van der Waals surface area contributed by atoms with E-state index in [1.54, 1.807) is 0 Å². The van der Waals surface area contributed by atoms with Crippen molar-refractivity contribution in [2.45, 2.75) is 0 Å². The summed E-state index contributed by atoms with van der Waals surface area (Å²) in [6.45, 7) is 0. The summed E-state index contributed by atoms with van der Waals surface area (Å²) in [5.74, 6) is -2.57. The second-order valence-corrected chi connectivity index (χ2v) is 4.04. The van der Waals surface area contributed by atoms with Gasteiger partial charge in [-0.05, 0) is 22.0 Å². The van der Waals surface area contributed by atoms with E-state index in [0.717, 1.165) is 29.2 Å². The molecule has 2 rings (SSSR count). The number of imidazole rings is 1. The maximum atomic E-state index is 13.5. The van der Waals surface area contributed by atoms with Gasteiger partial charge >= 0.3 is 5.97 Å². The van der Waals surface area contributed by atoms with Gasteiger partial charge in [0, 0.05) is 12.3 Å². The lowest BCUT2D eigenvalue weighted by atomic mass is 10.3. The maximum Gasteiger partial charge on any atom is 0.356 e. The summed E-state index contributed by atoms with van der Waals surface area (Å²) in [7, 11) is 0. The molecule has 1 aromatic carbocycles. The van der Waals surface area contributed by atoms with Crippen molar-refractivity contribution in [3.63, 3.8) is 0 Å². The summed E-state index contributed by atoms with van der Waals surface area (Å²) in [5.41, 5.74) is -0.349. The van der Waals surface area contributed by atoms with Gasteiger partial charge in [0.1, 0.15) is 18.0 Å². The van der Waals surface area contributed by atoms with Crippen molar-refractivity contribution in [2.75, 3.05) is 0 Å². The van der Waals surface area contributed by atoms with Crippen molar-refractivity contribution < 1.29 is 18.7 Å². The van der Waals surface area contributed by atoms with Gasteiger partial charge in [0.2, 0.25) is 0 Å². The molecule has 0 aliphatic heterocycles. The van der Waals surface area contributed by atoms with E-state index in [9.17, 15) is 13.6 Å². The quantitative estimate of drug-likeness (QED) is 0.868. The van der Waals surface area contributed by atoms with Crippen LogP contribution in [-0.4, -0.2) is 20.6 Å². The molecule has 0 amide bonds. The lowest BCUT2D eigenvalue weighted by Crippen LogP contribution is -1.98. The molecule has 0 spiro atoms. The van der Waals surface area contributed by atoms with Crippen molar-refractivity contribution in [1.82, 2.24) is 9.55 Å². The average molecular weight is 303 g/mol. The Kier molecular flexibility index (Phi) is 2.93. The van der Waals surface area contributed by atoms with Gasteiger partial charge in [-0.2, -0.15) is 0 Å². The first-order valence-electron chi connectivity index (χ1n) is 4.41. The van der Waals surface area contributed by atoms with E-state index >= 15 is 0 Å². The number of benzene rings is 1. The Morgan fingerprint density at radius 2 is 2.06 bits per heavy atom. The van der Waals surface area contributed by atoms with E-state index in [-0.39, 0.29) is 15.9 Å². The Hall–Kier alpha value is -1.76. The minimum Gasteiger partial charge on any atom is -0.476 e. The zero-order valence-corrected chi connectivity index (χ0v) is 9.78. The monoisotopic (exact) mass is 302 g/mol. The SMILES string of the molecule is O=C(O)c1cn(-c2cc(F)c(Br)cc2F)cn1. The summed E-state index contributed by atoms with van der Waals surface area (Å²) in [6.07, 6.45) is 2.21. The highest BCUT2D eigenvalue weighted by Crippen LogP contribution is 2.22. The summed E-state index contributed by atoms with van der Waals surface area (Å²) in [5, 5.41) is 8.66. The van der Waals surface area contributed by atoms with E-state index in [2.05, 4.69) is 20.9 Å². The van der Waals surface area contributed by atoms with E-state index < -0.39 is 17.6 Å². The third kappa shape index (κ3) is 2.19. The number of hydrogen-bond donors (Lipinski definition) is 1. The van der Waals surface area contributed by atoms with E-state index in [1.807, 2.05) is 0 Å². The summed E-state index contributed by atoms with van der Waals surface area (Å²) in [6, 6.07) is 1.91. The molecule has 0 bridgehead atoms. The fourth-order valence-corrected chi connectivity index (χ4v) is 1.59. The van der Waals surface area contributed by atoms with Gasteiger partial charge in [0.25, 0.3) is 0 Å². The van der Waals surface area contributed by atoms with Crippen LogP contribution >= 0.6 is 15.9 Å². The minimum atomic E-state index is -1.23. The predicted octanol–water partition coefficient (Wildman–Crippen LogP) is 2.61.